The van der Waals surface area contributed by atoms with E-state index in [-0.39, 0.29) is 12.5 Å². The number of sulfonamides is 1. The van der Waals surface area contributed by atoms with Crippen molar-refractivity contribution in [2.45, 2.75) is 13.2 Å². The molecule has 0 fully saturated rings. The number of benzene rings is 2. The monoisotopic (exact) mass is 417 g/mol. The topological polar surface area (TPSA) is 97.4 Å². The molecule has 0 saturated carbocycles. The minimum absolute atomic E-state index is 0.182. The zero-order valence-electron chi connectivity index (χ0n) is 15.1. The molecule has 0 aliphatic rings. The smallest absolute Gasteiger partial charge is 0.251 e. The minimum atomic E-state index is -3.40. The van der Waals surface area contributed by atoms with E-state index in [0.29, 0.717) is 29.2 Å². The van der Waals surface area contributed by atoms with Crippen LogP contribution in [0.3, 0.4) is 0 Å². The Morgan fingerprint density at radius 3 is 2.75 bits per heavy atom. The van der Waals surface area contributed by atoms with Gasteiger partial charge in [0.1, 0.15) is 12.4 Å². The first kappa shape index (κ1) is 19.8. The lowest BCUT2D eigenvalue weighted by molar-refractivity contribution is 0.0950. The van der Waals surface area contributed by atoms with Crippen molar-refractivity contribution >= 4 is 33.0 Å². The predicted octanol–water partition coefficient (Wildman–Crippen LogP) is 3.02. The van der Waals surface area contributed by atoms with Gasteiger partial charge in [-0.3, -0.25) is 9.52 Å². The third-order valence-corrected chi connectivity index (χ3v) is 4.94. The molecule has 0 radical (unpaired) electrons. The highest BCUT2D eigenvalue weighted by atomic mass is 32.2. The summed E-state index contributed by atoms with van der Waals surface area (Å²) >= 11 is 1.49. The minimum Gasteiger partial charge on any atom is -0.487 e. The molecule has 0 saturated heterocycles. The first-order chi connectivity index (χ1) is 13.4. The van der Waals surface area contributed by atoms with Crippen LogP contribution in [0.25, 0.3) is 0 Å². The lowest BCUT2D eigenvalue weighted by atomic mass is 10.1. The van der Waals surface area contributed by atoms with Gasteiger partial charge in [-0.25, -0.2) is 13.4 Å². The highest BCUT2D eigenvalue weighted by Gasteiger charge is 2.10. The van der Waals surface area contributed by atoms with E-state index in [1.54, 1.807) is 54.0 Å². The number of ether oxygens (including phenoxy) is 1. The molecule has 3 rings (SSSR count). The van der Waals surface area contributed by atoms with Crippen LogP contribution < -0.4 is 14.8 Å². The van der Waals surface area contributed by atoms with Crippen LogP contribution in [0.1, 0.15) is 21.6 Å². The highest BCUT2D eigenvalue weighted by Crippen LogP contribution is 2.18. The predicted molar refractivity (Wildman–Crippen MR) is 109 cm³/mol. The summed E-state index contributed by atoms with van der Waals surface area (Å²) in [6.07, 6.45) is 1.08. The van der Waals surface area contributed by atoms with Crippen molar-refractivity contribution in [1.29, 1.82) is 0 Å². The lowest BCUT2D eigenvalue weighted by Crippen LogP contribution is -2.23. The molecule has 1 amide bonds. The van der Waals surface area contributed by atoms with E-state index in [9.17, 15) is 13.2 Å². The second kappa shape index (κ2) is 8.85. The van der Waals surface area contributed by atoms with E-state index < -0.39 is 10.0 Å². The summed E-state index contributed by atoms with van der Waals surface area (Å²) in [4.78, 5) is 16.6. The average molecular weight is 418 g/mol. The fourth-order valence-electron chi connectivity index (χ4n) is 2.44. The van der Waals surface area contributed by atoms with Gasteiger partial charge in [-0.2, -0.15) is 0 Å². The molecule has 0 aliphatic carbocycles. The molecule has 0 aliphatic heterocycles. The molecule has 0 spiro atoms. The van der Waals surface area contributed by atoms with Gasteiger partial charge in [-0.05, 0) is 29.8 Å². The standard InChI is InChI=1S/C19H19N3O4S2/c1-28(24,25)22-18-8-3-2-5-15(18)10-20-19(23)14-6-4-7-17(9-14)26-11-16-12-27-13-21-16/h2-9,12-13,22H,10-11H2,1H3,(H,20,23). The van der Waals surface area contributed by atoms with Crippen molar-refractivity contribution in [2.24, 2.45) is 0 Å². The number of rotatable bonds is 8. The summed E-state index contributed by atoms with van der Waals surface area (Å²) in [5.41, 5.74) is 4.11. The highest BCUT2D eigenvalue weighted by molar-refractivity contribution is 7.92. The fourth-order valence-corrected chi connectivity index (χ4v) is 3.59. The maximum absolute atomic E-state index is 12.5. The Morgan fingerprint density at radius 2 is 2.00 bits per heavy atom. The van der Waals surface area contributed by atoms with E-state index >= 15 is 0 Å². The Bertz CT molecular complexity index is 1050. The molecule has 1 heterocycles. The van der Waals surface area contributed by atoms with Crippen molar-refractivity contribution in [3.05, 3.63) is 76.2 Å². The van der Waals surface area contributed by atoms with Gasteiger partial charge < -0.3 is 10.1 Å². The van der Waals surface area contributed by atoms with Crippen molar-refractivity contribution in [1.82, 2.24) is 10.3 Å². The number of hydrogen-bond donors (Lipinski definition) is 2. The summed E-state index contributed by atoms with van der Waals surface area (Å²) in [5.74, 6) is 0.285. The van der Waals surface area contributed by atoms with Crippen LogP contribution in [-0.2, 0) is 23.2 Å². The van der Waals surface area contributed by atoms with Crippen LogP contribution >= 0.6 is 11.3 Å². The molecule has 7 nitrogen and oxygen atoms in total. The van der Waals surface area contributed by atoms with Gasteiger partial charge in [0.05, 0.1) is 23.1 Å². The number of nitrogens with zero attached hydrogens (tertiary/aromatic N) is 1. The van der Waals surface area contributed by atoms with Crippen molar-refractivity contribution < 1.29 is 17.9 Å². The van der Waals surface area contributed by atoms with E-state index in [1.165, 1.54) is 11.3 Å². The Hall–Kier alpha value is -2.91. The van der Waals surface area contributed by atoms with E-state index in [1.807, 2.05) is 5.38 Å². The number of carbonyl (C=O) groups excluding carboxylic acids is 1. The molecule has 0 atom stereocenters. The zero-order valence-corrected chi connectivity index (χ0v) is 16.7. The summed E-state index contributed by atoms with van der Waals surface area (Å²) < 4.78 is 31.1. The van der Waals surface area contributed by atoms with Crippen LogP contribution in [0.15, 0.2) is 59.4 Å². The van der Waals surface area contributed by atoms with E-state index in [2.05, 4.69) is 15.0 Å². The molecule has 0 unspecified atom stereocenters. The molecule has 9 heteroatoms. The van der Waals surface area contributed by atoms with Gasteiger partial charge in [0, 0.05) is 17.5 Å². The van der Waals surface area contributed by atoms with Gasteiger partial charge in [-0.1, -0.05) is 24.3 Å². The molecule has 1 aromatic heterocycles. The van der Waals surface area contributed by atoms with Crippen LogP contribution in [-0.4, -0.2) is 25.6 Å². The van der Waals surface area contributed by atoms with Gasteiger partial charge in [-0.15, -0.1) is 11.3 Å². The first-order valence-corrected chi connectivity index (χ1v) is 11.2. The van der Waals surface area contributed by atoms with Crippen molar-refractivity contribution in [2.75, 3.05) is 11.0 Å². The SMILES string of the molecule is CS(=O)(=O)Nc1ccccc1CNC(=O)c1cccc(OCc2cscn2)c1. The molecule has 3 aromatic rings. The van der Waals surface area contributed by atoms with Gasteiger partial charge in [0.15, 0.2) is 0 Å². The lowest BCUT2D eigenvalue weighted by Gasteiger charge is -2.12. The average Bonchev–Trinajstić information content (AvgIpc) is 3.18. The second-order valence-corrected chi connectivity index (χ2v) is 8.48. The number of nitrogens with one attached hydrogen (secondary N) is 2. The van der Waals surface area contributed by atoms with Gasteiger partial charge >= 0.3 is 0 Å². The molecule has 2 aromatic carbocycles. The van der Waals surface area contributed by atoms with Crippen LogP contribution in [0.5, 0.6) is 5.75 Å². The summed E-state index contributed by atoms with van der Waals surface area (Å²) in [7, 11) is -3.40. The van der Waals surface area contributed by atoms with E-state index in [0.717, 1.165) is 11.9 Å². The van der Waals surface area contributed by atoms with Gasteiger partial charge in [0.2, 0.25) is 10.0 Å². The molecule has 28 heavy (non-hydrogen) atoms. The number of para-hydroxylation sites is 1. The van der Waals surface area contributed by atoms with Crippen LogP contribution in [0.4, 0.5) is 5.69 Å². The number of thiazole rings is 1. The third-order valence-electron chi connectivity index (χ3n) is 3.72. The molecule has 0 bridgehead atoms. The Labute approximate surface area is 167 Å². The van der Waals surface area contributed by atoms with Crippen molar-refractivity contribution in [3.8, 4) is 5.75 Å². The van der Waals surface area contributed by atoms with Crippen LogP contribution in [0, 0.1) is 0 Å². The molecular formula is C19H19N3O4S2. The first-order valence-electron chi connectivity index (χ1n) is 8.34. The molecule has 2 N–H and O–H groups in total. The number of aromatic nitrogens is 1. The number of carbonyl (C=O) groups is 1. The molecular weight excluding hydrogens is 398 g/mol. The summed E-state index contributed by atoms with van der Waals surface area (Å²) in [5, 5.41) is 4.70. The normalized spacial score (nSPS) is 11.0. The maximum atomic E-state index is 12.5. The van der Waals surface area contributed by atoms with Gasteiger partial charge in [0.25, 0.3) is 5.91 Å². The second-order valence-electron chi connectivity index (χ2n) is 6.01. The zero-order chi connectivity index (χ0) is 20.0. The largest absolute Gasteiger partial charge is 0.487 e. The van der Waals surface area contributed by atoms with E-state index in [4.69, 9.17) is 4.74 Å². The number of anilines is 1. The van der Waals surface area contributed by atoms with Crippen molar-refractivity contribution in [3.63, 3.8) is 0 Å². The number of amides is 1. The quantitative estimate of drug-likeness (QED) is 0.587. The number of hydrogen-bond acceptors (Lipinski definition) is 6. The maximum Gasteiger partial charge on any atom is 0.251 e. The Balaban J connectivity index is 1.63. The Kier molecular flexibility index (Phi) is 6.27. The Morgan fingerprint density at radius 1 is 1.18 bits per heavy atom. The fraction of sp³-hybridized carbons (Fsp3) is 0.158. The summed E-state index contributed by atoms with van der Waals surface area (Å²) in [6, 6.07) is 13.8. The molecule has 146 valence electrons. The third kappa shape index (κ3) is 5.80. The van der Waals surface area contributed by atoms with Crippen LogP contribution in [0.2, 0.25) is 0 Å². The summed E-state index contributed by atoms with van der Waals surface area (Å²) in [6.45, 7) is 0.514.